The number of hydrogen-bond acceptors (Lipinski definition) is 3. The molecule has 1 aromatic rings. The number of nitrogens with zero attached hydrogens (tertiary/aromatic N) is 1. The van der Waals surface area contributed by atoms with Crippen molar-refractivity contribution < 1.29 is 4.42 Å². The lowest BCUT2D eigenvalue weighted by atomic mass is 9.90. The molecule has 3 nitrogen and oxygen atoms in total. The van der Waals surface area contributed by atoms with Gasteiger partial charge in [0, 0.05) is 24.7 Å². The van der Waals surface area contributed by atoms with Gasteiger partial charge in [-0.2, -0.15) is 0 Å². The number of nitrogens with two attached hydrogens (primary N) is 1. The minimum Gasteiger partial charge on any atom is -0.472 e. The number of furan rings is 1. The topological polar surface area (TPSA) is 42.4 Å². The number of likely N-dealkylation sites (tertiary alicyclic amines) is 1. The Morgan fingerprint density at radius 1 is 1.60 bits per heavy atom. The van der Waals surface area contributed by atoms with Gasteiger partial charge in [-0.25, -0.2) is 0 Å². The van der Waals surface area contributed by atoms with E-state index in [0.717, 1.165) is 26.1 Å². The van der Waals surface area contributed by atoms with Crippen molar-refractivity contribution in [2.24, 2.45) is 11.7 Å². The zero-order valence-electron chi connectivity index (χ0n) is 9.36. The monoisotopic (exact) mass is 208 g/mol. The van der Waals surface area contributed by atoms with Crippen LogP contribution in [0.3, 0.4) is 0 Å². The molecule has 1 fully saturated rings. The van der Waals surface area contributed by atoms with Crippen molar-refractivity contribution in [1.29, 1.82) is 0 Å². The third-order valence-electron chi connectivity index (χ3n) is 3.39. The van der Waals surface area contributed by atoms with Crippen molar-refractivity contribution in [3.63, 3.8) is 0 Å². The normalized spacial score (nSPS) is 28.1. The molecule has 0 amide bonds. The van der Waals surface area contributed by atoms with E-state index in [1.54, 1.807) is 6.26 Å². The first-order chi connectivity index (χ1) is 7.29. The van der Waals surface area contributed by atoms with Crippen LogP contribution < -0.4 is 5.73 Å². The molecule has 0 radical (unpaired) electrons. The van der Waals surface area contributed by atoms with Crippen molar-refractivity contribution >= 4 is 0 Å². The smallest absolute Gasteiger partial charge is 0.0947 e. The molecule has 0 saturated carbocycles. The van der Waals surface area contributed by atoms with Gasteiger partial charge in [-0.15, -0.1) is 0 Å². The van der Waals surface area contributed by atoms with Crippen molar-refractivity contribution in [3.8, 4) is 0 Å². The van der Waals surface area contributed by atoms with Gasteiger partial charge in [0.2, 0.25) is 0 Å². The van der Waals surface area contributed by atoms with Gasteiger partial charge in [0.1, 0.15) is 0 Å². The first-order valence-corrected chi connectivity index (χ1v) is 5.78. The Morgan fingerprint density at radius 2 is 2.47 bits per heavy atom. The van der Waals surface area contributed by atoms with Gasteiger partial charge in [-0.05, 0) is 24.9 Å². The predicted octanol–water partition coefficient (Wildman–Crippen LogP) is 1.84. The maximum Gasteiger partial charge on any atom is 0.0947 e. The lowest BCUT2D eigenvalue weighted by Crippen LogP contribution is -2.46. The van der Waals surface area contributed by atoms with Crippen LogP contribution in [0.2, 0.25) is 0 Å². The van der Waals surface area contributed by atoms with E-state index in [2.05, 4.69) is 11.8 Å². The van der Waals surface area contributed by atoms with Gasteiger partial charge in [-0.1, -0.05) is 13.3 Å². The molecule has 2 N–H and O–H groups in total. The van der Waals surface area contributed by atoms with Gasteiger partial charge in [-0.3, -0.25) is 4.90 Å². The summed E-state index contributed by atoms with van der Waals surface area (Å²) in [5, 5.41) is 0. The maximum absolute atomic E-state index is 6.08. The third-order valence-corrected chi connectivity index (χ3v) is 3.39. The molecular weight excluding hydrogens is 188 g/mol. The molecule has 2 heterocycles. The highest BCUT2D eigenvalue weighted by molar-refractivity contribution is 5.05. The van der Waals surface area contributed by atoms with E-state index in [1.807, 2.05) is 12.3 Å². The van der Waals surface area contributed by atoms with Crippen LogP contribution in [-0.2, 0) is 6.54 Å². The fraction of sp³-hybridized carbons (Fsp3) is 0.667. The van der Waals surface area contributed by atoms with Crippen LogP contribution >= 0.6 is 0 Å². The Bertz CT molecular complexity index is 284. The fourth-order valence-electron chi connectivity index (χ4n) is 2.34. The minimum absolute atomic E-state index is 0.399. The summed E-state index contributed by atoms with van der Waals surface area (Å²) in [5.74, 6) is 0.658. The number of hydrogen-bond donors (Lipinski definition) is 1. The van der Waals surface area contributed by atoms with E-state index in [4.69, 9.17) is 10.2 Å². The molecule has 2 unspecified atom stereocenters. The van der Waals surface area contributed by atoms with Gasteiger partial charge in [0.25, 0.3) is 0 Å². The Labute approximate surface area is 91.2 Å². The van der Waals surface area contributed by atoms with Crippen molar-refractivity contribution in [3.05, 3.63) is 24.2 Å². The van der Waals surface area contributed by atoms with Gasteiger partial charge >= 0.3 is 0 Å². The molecule has 15 heavy (non-hydrogen) atoms. The first kappa shape index (κ1) is 10.7. The summed E-state index contributed by atoms with van der Waals surface area (Å²) in [7, 11) is 0. The van der Waals surface area contributed by atoms with Crippen molar-refractivity contribution in [1.82, 2.24) is 4.90 Å². The Morgan fingerprint density at radius 3 is 3.13 bits per heavy atom. The SMILES string of the molecule is CCC1CN(Cc2ccoc2)CCC1N. The molecule has 1 aliphatic heterocycles. The molecule has 84 valence electrons. The Hall–Kier alpha value is -0.800. The largest absolute Gasteiger partial charge is 0.472 e. The highest BCUT2D eigenvalue weighted by Crippen LogP contribution is 2.20. The average molecular weight is 208 g/mol. The van der Waals surface area contributed by atoms with Crippen LogP contribution in [0.1, 0.15) is 25.3 Å². The highest BCUT2D eigenvalue weighted by atomic mass is 16.3. The van der Waals surface area contributed by atoms with Gasteiger partial charge in [0.15, 0.2) is 0 Å². The van der Waals surface area contributed by atoms with E-state index >= 15 is 0 Å². The summed E-state index contributed by atoms with van der Waals surface area (Å²) in [6.07, 6.45) is 5.87. The fourth-order valence-corrected chi connectivity index (χ4v) is 2.34. The summed E-state index contributed by atoms with van der Waals surface area (Å²) in [6, 6.07) is 2.44. The summed E-state index contributed by atoms with van der Waals surface area (Å²) in [6.45, 7) is 5.47. The summed E-state index contributed by atoms with van der Waals surface area (Å²) < 4.78 is 5.08. The summed E-state index contributed by atoms with van der Waals surface area (Å²) in [4.78, 5) is 2.47. The van der Waals surface area contributed by atoms with E-state index in [1.165, 1.54) is 12.0 Å². The van der Waals surface area contributed by atoms with Gasteiger partial charge in [0.05, 0.1) is 12.5 Å². The van der Waals surface area contributed by atoms with Crippen LogP contribution in [0.25, 0.3) is 0 Å². The first-order valence-electron chi connectivity index (χ1n) is 5.78. The minimum atomic E-state index is 0.399. The van der Waals surface area contributed by atoms with Crippen molar-refractivity contribution in [2.75, 3.05) is 13.1 Å². The second-order valence-electron chi connectivity index (χ2n) is 4.49. The molecular formula is C12H20N2O. The molecule has 0 spiro atoms. The van der Waals surface area contributed by atoms with Crippen LogP contribution in [0, 0.1) is 5.92 Å². The Balaban J connectivity index is 1.89. The zero-order valence-corrected chi connectivity index (χ0v) is 9.36. The zero-order chi connectivity index (χ0) is 10.7. The number of piperidine rings is 1. The average Bonchev–Trinajstić information content (AvgIpc) is 2.73. The lowest BCUT2D eigenvalue weighted by molar-refractivity contribution is 0.145. The molecule has 1 aromatic heterocycles. The van der Waals surface area contributed by atoms with Crippen LogP contribution in [0.15, 0.2) is 23.0 Å². The van der Waals surface area contributed by atoms with Crippen LogP contribution in [-0.4, -0.2) is 24.0 Å². The number of rotatable bonds is 3. The van der Waals surface area contributed by atoms with E-state index in [0.29, 0.717) is 12.0 Å². The molecule has 2 atom stereocenters. The van der Waals surface area contributed by atoms with Crippen LogP contribution in [0.5, 0.6) is 0 Å². The molecule has 3 heteroatoms. The second-order valence-corrected chi connectivity index (χ2v) is 4.49. The molecule has 2 rings (SSSR count). The maximum atomic E-state index is 6.08. The predicted molar refractivity (Wildman–Crippen MR) is 60.4 cm³/mol. The second kappa shape index (κ2) is 4.81. The van der Waals surface area contributed by atoms with Crippen LogP contribution in [0.4, 0.5) is 0 Å². The van der Waals surface area contributed by atoms with E-state index < -0.39 is 0 Å². The molecule has 1 aliphatic rings. The van der Waals surface area contributed by atoms with E-state index in [-0.39, 0.29) is 0 Å². The molecule has 0 aromatic carbocycles. The summed E-state index contributed by atoms with van der Waals surface area (Å²) in [5.41, 5.74) is 7.34. The van der Waals surface area contributed by atoms with Gasteiger partial charge < -0.3 is 10.2 Å². The quantitative estimate of drug-likeness (QED) is 0.824. The Kier molecular flexibility index (Phi) is 3.44. The molecule has 1 saturated heterocycles. The molecule has 0 bridgehead atoms. The van der Waals surface area contributed by atoms with Crippen molar-refractivity contribution in [2.45, 2.75) is 32.4 Å². The standard InChI is InChI=1S/C12H20N2O/c1-2-11-8-14(5-3-12(11)13)7-10-4-6-15-9-10/h4,6,9,11-12H,2-3,5,7-8,13H2,1H3. The highest BCUT2D eigenvalue weighted by Gasteiger charge is 2.25. The van der Waals surface area contributed by atoms with E-state index in [9.17, 15) is 0 Å². The summed E-state index contributed by atoms with van der Waals surface area (Å²) >= 11 is 0. The third kappa shape index (κ3) is 2.61. The molecule has 0 aliphatic carbocycles. The lowest BCUT2D eigenvalue weighted by Gasteiger charge is -2.36.